The molecule has 0 spiro atoms. The molecular formula is C10H12N4OS. The lowest BCUT2D eigenvalue weighted by atomic mass is 10.2. The topological polar surface area (TPSA) is 74.7 Å². The molecule has 84 valence electrons. The first kappa shape index (κ1) is 11.1. The van der Waals surface area contributed by atoms with Crippen molar-refractivity contribution in [3.8, 4) is 0 Å². The summed E-state index contributed by atoms with van der Waals surface area (Å²) in [5.74, 6) is 0.761. The van der Waals surface area contributed by atoms with Gasteiger partial charge in [0.1, 0.15) is 10.9 Å². The minimum Gasteiger partial charge on any atom is -0.389 e. The molecule has 2 aromatic rings. The van der Waals surface area contributed by atoms with Crippen LogP contribution in [0.4, 0.5) is 0 Å². The van der Waals surface area contributed by atoms with Crippen LogP contribution in [-0.4, -0.2) is 25.3 Å². The number of aryl methyl sites for hydroxylation is 1. The number of aromatic amines is 1. The fourth-order valence-corrected chi connectivity index (χ4v) is 2.18. The van der Waals surface area contributed by atoms with E-state index in [1.165, 1.54) is 11.8 Å². The zero-order chi connectivity index (χ0) is 11.5. The number of hydrogen-bond acceptors (Lipinski definition) is 5. The minimum absolute atomic E-state index is 0.545. The van der Waals surface area contributed by atoms with Gasteiger partial charge in [-0.25, -0.2) is 9.97 Å². The zero-order valence-corrected chi connectivity index (χ0v) is 9.82. The Labute approximate surface area is 97.3 Å². The smallest absolute Gasteiger partial charge is 0.214 e. The van der Waals surface area contributed by atoms with Crippen molar-refractivity contribution in [2.24, 2.45) is 0 Å². The average Bonchev–Trinajstić information content (AvgIpc) is 2.64. The molecule has 16 heavy (non-hydrogen) atoms. The van der Waals surface area contributed by atoms with E-state index in [1.807, 2.05) is 13.0 Å². The second-order valence-electron chi connectivity index (χ2n) is 3.38. The maximum absolute atomic E-state index is 9.59. The van der Waals surface area contributed by atoms with Gasteiger partial charge < -0.3 is 5.11 Å². The Morgan fingerprint density at radius 1 is 1.50 bits per heavy atom. The Kier molecular flexibility index (Phi) is 3.21. The predicted octanol–water partition coefficient (Wildman–Crippen LogP) is 1.71. The summed E-state index contributed by atoms with van der Waals surface area (Å²) in [6, 6.07) is 3.65. The van der Waals surface area contributed by atoms with Crippen LogP contribution in [0.15, 0.2) is 28.5 Å². The summed E-state index contributed by atoms with van der Waals surface area (Å²) in [4.78, 5) is 8.39. The molecule has 0 aliphatic heterocycles. The number of nitrogens with one attached hydrogen (secondary N) is 1. The molecule has 0 aliphatic rings. The molecule has 2 rings (SSSR count). The minimum atomic E-state index is -0.545. The van der Waals surface area contributed by atoms with Crippen LogP contribution in [0.25, 0.3) is 0 Å². The Balaban J connectivity index is 2.27. The number of hydrogen-bond donors (Lipinski definition) is 2. The SMILES string of the molecule is Cc1nc(Sc2ncccc2[C@H](C)O)n[nH]1. The van der Waals surface area contributed by atoms with E-state index in [2.05, 4.69) is 20.2 Å². The average molecular weight is 236 g/mol. The highest BCUT2D eigenvalue weighted by atomic mass is 32.2. The van der Waals surface area contributed by atoms with Crippen LogP contribution in [0.3, 0.4) is 0 Å². The molecule has 5 nitrogen and oxygen atoms in total. The first-order valence-corrected chi connectivity index (χ1v) is 5.68. The van der Waals surface area contributed by atoms with E-state index in [0.717, 1.165) is 16.4 Å². The van der Waals surface area contributed by atoms with Gasteiger partial charge >= 0.3 is 0 Å². The van der Waals surface area contributed by atoms with Gasteiger partial charge in [-0.15, -0.1) is 5.10 Å². The first-order chi connectivity index (χ1) is 7.66. The second-order valence-corrected chi connectivity index (χ2v) is 4.34. The van der Waals surface area contributed by atoms with Gasteiger partial charge in [0.05, 0.1) is 6.10 Å². The van der Waals surface area contributed by atoms with Crippen LogP contribution < -0.4 is 0 Å². The number of aliphatic hydroxyl groups excluding tert-OH is 1. The van der Waals surface area contributed by atoms with Crippen molar-refractivity contribution in [2.45, 2.75) is 30.1 Å². The summed E-state index contributed by atoms with van der Waals surface area (Å²) in [5, 5.41) is 17.7. The monoisotopic (exact) mass is 236 g/mol. The van der Waals surface area contributed by atoms with Crippen molar-refractivity contribution < 1.29 is 5.11 Å². The fraction of sp³-hybridized carbons (Fsp3) is 0.300. The van der Waals surface area contributed by atoms with Gasteiger partial charge in [0, 0.05) is 11.8 Å². The maximum Gasteiger partial charge on any atom is 0.214 e. The van der Waals surface area contributed by atoms with Gasteiger partial charge in [-0.05, 0) is 31.7 Å². The number of aromatic nitrogens is 4. The van der Waals surface area contributed by atoms with Gasteiger partial charge in [0.15, 0.2) is 0 Å². The van der Waals surface area contributed by atoms with E-state index in [0.29, 0.717) is 5.16 Å². The Bertz CT molecular complexity index is 483. The van der Waals surface area contributed by atoms with Gasteiger partial charge in [-0.3, -0.25) is 5.10 Å². The standard InChI is InChI=1S/C10H12N4OS/c1-6(15)8-4-3-5-11-9(8)16-10-12-7(2)13-14-10/h3-6,15H,1-2H3,(H,12,13,14)/t6-/m0/s1. The molecule has 1 atom stereocenters. The van der Waals surface area contributed by atoms with Crippen molar-refractivity contribution in [1.29, 1.82) is 0 Å². The van der Waals surface area contributed by atoms with Crippen molar-refractivity contribution >= 4 is 11.8 Å². The van der Waals surface area contributed by atoms with Gasteiger partial charge in [0.2, 0.25) is 5.16 Å². The van der Waals surface area contributed by atoms with Crippen LogP contribution in [0, 0.1) is 6.92 Å². The molecule has 0 saturated carbocycles. The third kappa shape index (κ3) is 2.40. The first-order valence-electron chi connectivity index (χ1n) is 4.86. The Morgan fingerprint density at radius 2 is 2.31 bits per heavy atom. The molecular weight excluding hydrogens is 224 g/mol. The quantitative estimate of drug-likeness (QED) is 0.848. The summed E-state index contributed by atoms with van der Waals surface area (Å²) in [6.45, 7) is 3.55. The number of nitrogens with zero attached hydrogens (tertiary/aromatic N) is 3. The molecule has 2 heterocycles. The summed E-state index contributed by atoms with van der Waals surface area (Å²) in [7, 11) is 0. The summed E-state index contributed by atoms with van der Waals surface area (Å²) >= 11 is 1.34. The number of aliphatic hydroxyl groups is 1. The van der Waals surface area contributed by atoms with E-state index >= 15 is 0 Å². The van der Waals surface area contributed by atoms with Crippen LogP contribution in [-0.2, 0) is 0 Å². The molecule has 2 aromatic heterocycles. The highest BCUT2D eigenvalue weighted by Crippen LogP contribution is 2.28. The van der Waals surface area contributed by atoms with Gasteiger partial charge in [-0.1, -0.05) is 6.07 Å². The van der Waals surface area contributed by atoms with E-state index in [1.54, 1.807) is 19.2 Å². The van der Waals surface area contributed by atoms with Crippen molar-refractivity contribution in [2.75, 3.05) is 0 Å². The highest BCUT2D eigenvalue weighted by molar-refractivity contribution is 7.99. The molecule has 2 N–H and O–H groups in total. The van der Waals surface area contributed by atoms with Crippen molar-refractivity contribution in [1.82, 2.24) is 20.2 Å². The van der Waals surface area contributed by atoms with E-state index in [9.17, 15) is 5.11 Å². The van der Waals surface area contributed by atoms with Gasteiger partial charge in [0.25, 0.3) is 0 Å². The summed E-state index contributed by atoms with van der Waals surface area (Å²) in [5.41, 5.74) is 0.787. The molecule has 0 radical (unpaired) electrons. The molecule has 0 unspecified atom stereocenters. The van der Waals surface area contributed by atoms with Crippen LogP contribution >= 0.6 is 11.8 Å². The summed E-state index contributed by atoms with van der Waals surface area (Å²) < 4.78 is 0. The van der Waals surface area contributed by atoms with E-state index in [-0.39, 0.29) is 0 Å². The normalized spacial score (nSPS) is 12.7. The Hall–Kier alpha value is -1.40. The number of pyridine rings is 1. The summed E-state index contributed by atoms with van der Waals surface area (Å²) in [6.07, 6.45) is 1.14. The van der Waals surface area contributed by atoms with E-state index in [4.69, 9.17) is 0 Å². The lowest BCUT2D eigenvalue weighted by molar-refractivity contribution is 0.195. The lowest BCUT2D eigenvalue weighted by Crippen LogP contribution is -1.96. The van der Waals surface area contributed by atoms with Gasteiger partial charge in [-0.2, -0.15) is 0 Å². The molecule has 0 fully saturated rings. The third-order valence-electron chi connectivity index (χ3n) is 2.02. The number of H-pyrrole nitrogens is 1. The molecule has 0 amide bonds. The lowest BCUT2D eigenvalue weighted by Gasteiger charge is -2.07. The Morgan fingerprint density at radius 3 is 2.94 bits per heavy atom. The van der Waals surface area contributed by atoms with Crippen LogP contribution in [0.1, 0.15) is 24.4 Å². The molecule has 0 saturated heterocycles. The van der Waals surface area contributed by atoms with Crippen LogP contribution in [0.5, 0.6) is 0 Å². The molecule has 6 heteroatoms. The maximum atomic E-state index is 9.59. The molecule has 0 bridgehead atoms. The van der Waals surface area contributed by atoms with E-state index < -0.39 is 6.10 Å². The molecule has 0 aromatic carbocycles. The van der Waals surface area contributed by atoms with Crippen molar-refractivity contribution in [3.63, 3.8) is 0 Å². The third-order valence-corrected chi connectivity index (χ3v) is 2.91. The molecule has 0 aliphatic carbocycles. The predicted molar refractivity (Wildman–Crippen MR) is 60.1 cm³/mol. The van der Waals surface area contributed by atoms with Crippen LogP contribution in [0.2, 0.25) is 0 Å². The number of rotatable bonds is 3. The zero-order valence-electron chi connectivity index (χ0n) is 9.01. The fourth-order valence-electron chi connectivity index (χ4n) is 1.26. The largest absolute Gasteiger partial charge is 0.389 e. The highest BCUT2D eigenvalue weighted by Gasteiger charge is 2.12. The van der Waals surface area contributed by atoms with Crippen molar-refractivity contribution in [3.05, 3.63) is 29.7 Å². The second kappa shape index (κ2) is 4.63.